The highest BCUT2D eigenvalue weighted by Gasteiger charge is 2.08. The quantitative estimate of drug-likeness (QED) is 0.701. The smallest absolute Gasteiger partial charge is 0.0426 e. The molecule has 0 amide bonds. The molecule has 1 aromatic rings. The van der Waals surface area contributed by atoms with Crippen LogP contribution in [-0.4, -0.2) is 36.0 Å². The number of rotatable bonds is 8. The molecular formula is C17H27ClN2. The summed E-state index contributed by atoms with van der Waals surface area (Å²) in [5.74, 6) is 0. The first-order valence-corrected chi connectivity index (χ1v) is 7.83. The molecule has 0 fully saturated rings. The molecule has 0 bridgehead atoms. The van der Waals surface area contributed by atoms with E-state index in [0.717, 1.165) is 37.7 Å². The van der Waals surface area contributed by atoms with Crippen molar-refractivity contribution in [1.29, 1.82) is 0 Å². The number of benzene rings is 1. The summed E-state index contributed by atoms with van der Waals surface area (Å²) in [5.41, 5.74) is 2.63. The minimum Gasteiger partial charge on any atom is -0.370 e. The van der Waals surface area contributed by atoms with E-state index in [1.165, 1.54) is 11.3 Å². The largest absolute Gasteiger partial charge is 0.370 e. The molecule has 0 saturated carbocycles. The Labute approximate surface area is 129 Å². The molecular weight excluding hydrogens is 268 g/mol. The summed E-state index contributed by atoms with van der Waals surface area (Å²) >= 11 is 5.95. The fraction of sp³-hybridized carbons (Fsp3) is 0.529. The lowest BCUT2D eigenvalue weighted by atomic mass is 10.2. The predicted octanol–water partition coefficient (Wildman–Crippen LogP) is 4.41. The molecule has 1 rings (SSSR count). The van der Waals surface area contributed by atoms with Crippen molar-refractivity contribution < 1.29 is 0 Å². The maximum atomic E-state index is 5.95. The van der Waals surface area contributed by atoms with Crippen LogP contribution in [0.2, 0.25) is 5.02 Å². The molecule has 0 saturated heterocycles. The van der Waals surface area contributed by atoms with Gasteiger partial charge in [0.1, 0.15) is 0 Å². The van der Waals surface area contributed by atoms with E-state index in [-0.39, 0.29) is 0 Å². The Hall–Kier alpha value is -0.990. The number of allylic oxidation sites excluding steroid dienone is 2. The van der Waals surface area contributed by atoms with Crippen LogP contribution in [0.3, 0.4) is 0 Å². The molecule has 0 atom stereocenters. The predicted molar refractivity (Wildman–Crippen MR) is 89.1 cm³/mol. The zero-order valence-electron chi connectivity index (χ0n) is 13.2. The van der Waals surface area contributed by atoms with Gasteiger partial charge in [-0.05, 0) is 44.6 Å². The summed E-state index contributed by atoms with van der Waals surface area (Å²) in [6, 6.07) is 8.14. The standard InChI is InChI=1S/C17H27ClN2/c1-5-15(4)20(13-12-19(6-2)7-3)14-16-8-10-17(18)11-9-16/h5,8-11H,6-7,12-14H2,1-4H3. The van der Waals surface area contributed by atoms with Gasteiger partial charge in [-0.15, -0.1) is 0 Å². The van der Waals surface area contributed by atoms with E-state index < -0.39 is 0 Å². The summed E-state index contributed by atoms with van der Waals surface area (Å²) in [5, 5.41) is 0.797. The van der Waals surface area contributed by atoms with Gasteiger partial charge in [-0.25, -0.2) is 0 Å². The second-order valence-corrected chi connectivity index (χ2v) is 5.44. The first-order valence-electron chi connectivity index (χ1n) is 7.45. The molecule has 112 valence electrons. The zero-order chi connectivity index (χ0) is 15.0. The van der Waals surface area contributed by atoms with Crippen LogP contribution in [0.25, 0.3) is 0 Å². The van der Waals surface area contributed by atoms with E-state index in [1.807, 2.05) is 12.1 Å². The highest BCUT2D eigenvalue weighted by Crippen LogP contribution is 2.14. The van der Waals surface area contributed by atoms with Gasteiger partial charge < -0.3 is 9.80 Å². The van der Waals surface area contributed by atoms with Crippen molar-refractivity contribution in [2.75, 3.05) is 26.2 Å². The number of likely N-dealkylation sites (N-methyl/N-ethyl adjacent to an activating group) is 1. The molecule has 2 nitrogen and oxygen atoms in total. The van der Waals surface area contributed by atoms with Gasteiger partial charge in [0.05, 0.1) is 0 Å². The first kappa shape index (κ1) is 17.1. The summed E-state index contributed by atoms with van der Waals surface area (Å²) < 4.78 is 0. The van der Waals surface area contributed by atoms with Gasteiger partial charge in [-0.2, -0.15) is 0 Å². The highest BCUT2D eigenvalue weighted by molar-refractivity contribution is 6.30. The van der Waals surface area contributed by atoms with E-state index in [9.17, 15) is 0 Å². The van der Waals surface area contributed by atoms with Crippen LogP contribution in [0.15, 0.2) is 36.0 Å². The van der Waals surface area contributed by atoms with Gasteiger partial charge in [-0.3, -0.25) is 0 Å². The summed E-state index contributed by atoms with van der Waals surface area (Å²) in [4.78, 5) is 4.89. The summed E-state index contributed by atoms with van der Waals surface area (Å²) in [7, 11) is 0. The van der Waals surface area contributed by atoms with E-state index in [2.05, 4.69) is 55.7 Å². The molecule has 0 aromatic heterocycles. The van der Waals surface area contributed by atoms with Gasteiger partial charge in [0, 0.05) is 30.4 Å². The minimum absolute atomic E-state index is 0.797. The number of halogens is 1. The van der Waals surface area contributed by atoms with Crippen molar-refractivity contribution in [3.63, 3.8) is 0 Å². The Morgan fingerprint density at radius 2 is 1.70 bits per heavy atom. The highest BCUT2D eigenvalue weighted by atomic mass is 35.5. The third kappa shape index (κ3) is 5.56. The van der Waals surface area contributed by atoms with Crippen molar-refractivity contribution in [2.45, 2.75) is 34.2 Å². The SMILES string of the molecule is CC=C(C)N(CCN(CC)CC)Cc1ccc(Cl)cc1. The van der Waals surface area contributed by atoms with Crippen LogP contribution in [0.4, 0.5) is 0 Å². The fourth-order valence-electron chi connectivity index (χ4n) is 2.17. The lowest BCUT2D eigenvalue weighted by Gasteiger charge is -2.29. The molecule has 0 N–H and O–H groups in total. The lowest BCUT2D eigenvalue weighted by Crippen LogP contribution is -2.34. The number of hydrogen-bond donors (Lipinski definition) is 0. The third-order valence-corrected chi connectivity index (χ3v) is 4.04. The van der Waals surface area contributed by atoms with Crippen LogP contribution in [0, 0.1) is 0 Å². The van der Waals surface area contributed by atoms with Crippen LogP contribution >= 0.6 is 11.6 Å². The summed E-state index contributed by atoms with van der Waals surface area (Å²) in [6.45, 7) is 14.0. The van der Waals surface area contributed by atoms with Crippen LogP contribution in [0.5, 0.6) is 0 Å². The molecule has 20 heavy (non-hydrogen) atoms. The lowest BCUT2D eigenvalue weighted by molar-refractivity contribution is 0.241. The normalized spacial score (nSPS) is 12.0. The van der Waals surface area contributed by atoms with E-state index in [1.54, 1.807) is 0 Å². The molecule has 0 aliphatic rings. The van der Waals surface area contributed by atoms with Gasteiger partial charge in [0.2, 0.25) is 0 Å². The zero-order valence-corrected chi connectivity index (χ0v) is 14.0. The average molecular weight is 295 g/mol. The Morgan fingerprint density at radius 1 is 1.10 bits per heavy atom. The van der Waals surface area contributed by atoms with E-state index in [0.29, 0.717) is 0 Å². The van der Waals surface area contributed by atoms with E-state index in [4.69, 9.17) is 11.6 Å². The molecule has 0 aliphatic heterocycles. The van der Waals surface area contributed by atoms with Crippen molar-refractivity contribution in [3.05, 3.63) is 46.6 Å². The monoisotopic (exact) mass is 294 g/mol. The molecule has 0 radical (unpaired) electrons. The minimum atomic E-state index is 0.797. The number of hydrogen-bond acceptors (Lipinski definition) is 2. The van der Waals surface area contributed by atoms with Crippen molar-refractivity contribution >= 4 is 11.6 Å². The van der Waals surface area contributed by atoms with Crippen LogP contribution < -0.4 is 0 Å². The van der Waals surface area contributed by atoms with Gasteiger partial charge >= 0.3 is 0 Å². The molecule has 1 aromatic carbocycles. The topological polar surface area (TPSA) is 6.48 Å². The maximum absolute atomic E-state index is 5.95. The van der Waals surface area contributed by atoms with Crippen molar-refractivity contribution in [1.82, 2.24) is 9.80 Å². The Bertz CT molecular complexity index is 408. The van der Waals surface area contributed by atoms with Gasteiger partial charge in [-0.1, -0.05) is 43.7 Å². The van der Waals surface area contributed by atoms with Crippen molar-refractivity contribution in [3.8, 4) is 0 Å². The van der Waals surface area contributed by atoms with Crippen LogP contribution in [0.1, 0.15) is 33.3 Å². The Morgan fingerprint density at radius 3 is 2.20 bits per heavy atom. The molecule has 3 heteroatoms. The van der Waals surface area contributed by atoms with Crippen LogP contribution in [-0.2, 0) is 6.54 Å². The first-order chi connectivity index (χ1) is 9.60. The second kappa shape index (κ2) is 9.04. The van der Waals surface area contributed by atoms with Gasteiger partial charge in [0.25, 0.3) is 0 Å². The number of nitrogens with zero attached hydrogens (tertiary/aromatic N) is 2. The Balaban J connectivity index is 2.67. The maximum Gasteiger partial charge on any atom is 0.0426 e. The third-order valence-electron chi connectivity index (χ3n) is 3.78. The molecule has 0 unspecified atom stereocenters. The van der Waals surface area contributed by atoms with E-state index >= 15 is 0 Å². The van der Waals surface area contributed by atoms with Crippen molar-refractivity contribution in [2.24, 2.45) is 0 Å². The van der Waals surface area contributed by atoms with Gasteiger partial charge in [0.15, 0.2) is 0 Å². The summed E-state index contributed by atoms with van der Waals surface area (Å²) in [6.07, 6.45) is 2.18. The molecule has 0 aliphatic carbocycles. The molecule has 0 spiro atoms. The Kier molecular flexibility index (Phi) is 7.71. The second-order valence-electron chi connectivity index (χ2n) is 5.00. The average Bonchev–Trinajstić information content (AvgIpc) is 2.48. The fourth-order valence-corrected chi connectivity index (χ4v) is 2.30. The molecule has 0 heterocycles.